The Labute approximate surface area is 145 Å². The molecule has 0 radical (unpaired) electrons. The van der Waals surface area contributed by atoms with Gasteiger partial charge in [0.25, 0.3) is 0 Å². The van der Waals surface area contributed by atoms with Gasteiger partial charge in [0, 0.05) is 19.6 Å². The quantitative estimate of drug-likeness (QED) is 0.752. The predicted octanol–water partition coefficient (Wildman–Crippen LogP) is 2.65. The van der Waals surface area contributed by atoms with Gasteiger partial charge in [-0.3, -0.25) is 0 Å². The third-order valence-corrected chi connectivity index (χ3v) is 3.82. The van der Waals surface area contributed by atoms with Gasteiger partial charge in [-0.25, -0.2) is 9.78 Å². The Morgan fingerprint density at radius 1 is 1.35 bits per heavy atom. The van der Waals surface area contributed by atoms with Crippen molar-refractivity contribution >= 4 is 27.8 Å². The van der Waals surface area contributed by atoms with Crippen LogP contribution in [0.25, 0.3) is 0 Å². The number of hydrogen-bond acceptors (Lipinski definition) is 5. The number of aliphatic hydroxyl groups is 1. The molecule has 2 heterocycles. The van der Waals surface area contributed by atoms with Crippen molar-refractivity contribution in [2.75, 3.05) is 31.1 Å². The highest BCUT2D eigenvalue weighted by Gasteiger charge is 2.35. The van der Waals surface area contributed by atoms with Crippen LogP contribution < -0.4 is 4.90 Å². The van der Waals surface area contributed by atoms with Crippen molar-refractivity contribution in [2.24, 2.45) is 0 Å². The Morgan fingerprint density at radius 3 is 2.65 bits per heavy atom. The summed E-state index contributed by atoms with van der Waals surface area (Å²) in [5, 5.41) is 10.6. The van der Waals surface area contributed by atoms with Crippen LogP contribution in [0, 0.1) is 0 Å². The molecule has 0 aliphatic carbocycles. The first-order chi connectivity index (χ1) is 10.6. The molecule has 2 rings (SSSR count). The van der Waals surface area contributed by atoms with Crippen LogP contribution in [0.1, 0.15) is 27.7 Å². The van der Waals surface area contributed by atoms with Crippen molar-refractivity contribution < 1.29 is 14.6 Å². The number of nitrogens with zero attached hydrogens (tertiary/aromatic N) is 3. The summed E-state index contributed by atoms with van der Waals surface area (Å²) in [5.41, 5.74) is -1.60. The zero-order valence-electron chi connectivity index (χ0n) is 14.0. The summed E-state index contributed by atoms with van der Waals surface area (Å²) < 4.78 is 6.16. The van der Waals surface area contributed by atoms with Gasteiger partial charge in [-0.1, -0.05) is 6.07 Å². The van der Waals surface area contributed by atoms with Crippen molar-refractivity contribution in [3.8, 4) is 0 Å². The summed E-state index contributed by atoms with van der Waals surface area (Å²) in [6, 6.07) is 5.65. The van der Waals surface area contributed by atoms with Crippen LogP contribution in [0.3, 0.4) is 0 Å². The van der Waals surface area contributed by atoms with Gasteiger partial charge in [-0.05, 0) is 55.8 Å². The van der Waals surface area contributed by atoms with E-state index in [2.05, 4.69) is 20.9 Å². The van der Waals surface area contributed by atoms with Gasteiger partial charge in [-0.2, -0.15) is 0 Å². The minimum Gasteiger partial charge on any atom is -0.444 e. The van der Waals surface area contributed by atoms with Crippen molar-refractivity contribution in [2.45, 2.75) is 38.9 Å². The maximum atomic E-state index is 12.3. The van der Waals surface area contributed by atoms with Gasteiger partial charge in [0.05, 0.1) is 12.1 Å². The third-order valence-electron chi connectivity index (χ3n) is 3.38. The van der Waals surface area contributed by atoms with E-state index in [-0.39, 0.29) is 6.54 Å². The Balaban J connectivity index is 2.14. The number of aromatic nitrogens is 1. The monoisotopic (exact) mass is 385 g/mol. The third kappa shape index (κ3) is 5.35. The zero-order chi connectivity index (χ0) is 17.3. The minimum atomic E-state index is -1.04. The van der Waals surface area contributed by atoms with Gasteiger partial charge in [-0.15, -0.1) is 0 Å². The zero-order valence-corrected chi connectivity index (χ0v) is 15.6. The van der Waals surface area contributed by atoms with Crippen LogP contribution >= 0.6 is 15.9 Å². The van der Waals surface area contributed by atoms with E-state index in [4.69, 9.17) is 4.74 Å². The fourth-order valence-corrected chi connectivity index (χ4v) is 2.86. The molecule has 7 heteroatoms. The topological polar surface area (TPSA) is 65.9 Å². The predicted molar refractivity (Wildman–Crippen MR) is 92.6 cm³/mol. The number of carbonyl (C=O) groups is 1. The second-order valence-electron chi connectivity index (χ2n) is 7.14. The first kappa shape index (κ1) is 18.0. The molecule has 128 valence electrons. The smallest absolute Gasteiger partial charge is 0.410 e. The van der Waals surface area contributed by atoms with Crippen molar-refractivity contribution in [1.82, 2.24) is 9.88 Å². The SMILES string of the molecule is CC1(O)CN(C(=O)OC(C)(C)C)CCN(c2cccc(Br)n2)C1. The van der Waals surface area contributed by atoms with E-state index in [9.17, 15) is 9.90 Å². The first-order valence-corrected chi connectivity index (χ1v) is 8.43. The number of rotatable bonds is 1. The molecule has 1 N–H and O–H groups in total. The van der Waals surface area contributed by atoms with Gasteiger partial charge in [0.15, 0.2) is 0 Å². The largest absolute Gasteiger partial charge is 0.444 e. The van der Waals surface area contributed by atoms with E-state index in [0.717, 1.165) is 10.4 Å². The first-order valence-electron chi connectivity index (χ1n) is 7.64. The van der Waals surface area contributed by atoms with E-state index in [0.29, 0.717) is 19.6 Å². The summed E-state index contributed by atoms with van der Waals surface area (Å²) in [5.74, 6) is 0.769. The van der Waals surface area contributed by atoms with Crippen LogP contribution in [0.4, 0.5) is 10.6 Å². The molecule has 1 fully saturated rings. The number of pyridine rings is 1. The van der Waals surface area contributed by atoms with Crippen molar-refractivity contribution in [3.05, 3.63) is 22.8 Å². The molecule has 1 aliphatic rings. The molecule has 6 nitrogen and oxygen atoms in total. The lowest BCUT2D eigenvalue weighted by Crippen LogP contribution is -2.47. The highest BCUT2D eigenvalue weighted by Crippen LogP contribution is 2.22. The van der Waals surface area contributed by atoms with Crippen LogP contribution in [0.5, 0.6) is 0 Å². The number of β-amino-alcohol motifs (C(OH)–C–C–N with tert-alkyl or cyclic N) is 1. The number of carbonyl (C=O) groups excluding carboxylic acids is 1. The normalized spacial score (nSPS) is 22.7. The fraction of sp³-hybridized carbons (Fsp3) is 0.625. The lowest BCUT2D eigenvalue weighted by molar-refractivity contribution is -0.000277. The van der Waals surface area contributed by atoms with Gasteiger partial charge in [0.1, 0.15) is 16.0 Å². The molecule has 0 bridgehead atoms. The number of halogens is 1. The van der Waals surface area contributed by atoms with Gasteiger partial charge < -0.3 is 19.6 Å². The van der Waals surface area contributed by atoms with E-state index in [1.54, 1.807) is 11.8 Å². The molecule has 0 saturated carbocycles. The number of amides is 1. The summed E-state index contributed by atoms with van der Waals surface area (Å²) in [7, 11) is 0. The number of anilines is 1. The lowest BCUT2D eigenvalue weighted by atomic mass is 10.1. The molecule has 1 aliphatic heterocycles. The molecule has 0 aromatic carbocycles. The molecule has 1 unspecified atom stereocenters. The Morgan fingerprint density at radius 2 is 2.04 bits per heavy atom. The molecule has 1 saturated heterocycles. The van der Waals surface area contributed by atoms with Crippen LogP contribution in [0.15, 0.2) is 22.8 Å². The average Bonchev–Trinajstić information content (AvgIpc) is 2.55. The number of hydrogen-bond donors (Lipinski definition) is 1. The Bertz CT molecular complexity index is 572. The van der Waals surface area contributed by atoms with Crippen LogP contribution in [0.2, 0.25) is 0 Å². The van der Waals surface area contributed by atoms with E-state index in [1.807, 2.05) is 43.9 Å². The van der Waals surface area contributed by atoms with Gasteiger partial charge >= 0.3 is 6.09 Å². The minimum absolute atomic E-state index is 0.229. The highest BCUT2D eigenvalue weighted by molar-refractivity contribution is 9.10. The Kier molecular flexibility index (Phi) is 5.20. The maximum absolute atomic E-state index is 12.3. The molecule has 1 aromatic heterocycles. The van der Waals surface area contributed by atoms with E-state index < -0.39 is 17.3 Å². The van der Waals surface area contributed by atoms with Crippen molar-refractivity contribution in [1.29, 1.82) is 0 Å². The van der Waals surface area contributed by atoms with Crippen LogP contribution in [-0.2, 0) is 4.74 Å². The molecule has 1 amide bonds. The summed E-state index contributed by atoms with van der Waals surface area (Å²) >= 11 is 3.36. The average molecular weight is 386 g/mol. The molecule has 23 heavy (non-hydrogen) atoms. The fourth-order valence-electron chi connectivity index (χ4n) is 2.52. The molecule has 1 aromatic rings. The second-order valence-corrected chi connectivity index (χ2v) is 7.95. The van der Waals surface area contributed by atoms with E-state index in [1.165, 1.54) is 0 Å². The lowest BCUT2D eigenvalue weighted by Gasteiger charge is -2.31. The molecule has 1 atom stereocenters. The number of ether oxygens (including phenoxy) is 1. The molecule has 0 spiro atoms. The summed E-state index contributed by atoms with van der Waals surface area (Å²) in [6.07, 6.45) is -0.401. The van der Waals surface area contributed by atoms with Crippen molar-refractivity contribution in [3.63, 3.8) is 0 Å². The van der Waals surface area contributed by atoms with Crippen LogP contribution in [-0.4, -0.2) is 58.5 Å². The van der Waals surface area contributed by atoms with Gasteiger partial charge in [0.2, 0.25) is 0 Å². The molecular weight excluding hydrogens is 362 g/mol. The highest BCUT2D eigenvalue weighted by atomic mass is 79.9. The molecular formula is C16H24BrN3O3. The maximum Gasteiger partial charge on any atom is 0.410 e. The summed E-state index contributed by atoms with van der Waals surface area (Å²) in [6.45, 7) is 8.90. The Hall–Kier alpha value is -1.34. The standard InChI is InChI=1S/C16H24BrN3O3/c1-15(2,3)23-14(21)20-9-8-19(10-16(4,22)11-20)13-7-5-6-12(17)18-13/h5-7,22H,8-11H2,1-4H3. The van der Waals surface area contributed by atoms with E-state index >= 15 is 0 Å². The summed E-state index contributed by atoms with van der Waals surface area (Å²) in [4.78, 5) is 20.3. The second kappa shape index (κ2) is 6.65.